The van der Waals surface area contributed by atoms with Crippen molar-refractivity contribution in [3.05, 3.63) is 51.8 Å². The van der Waals surface area contributed by atoms with Gasteiger partial charge >= 0.3 is 0 Å². The molecule has 0 fully saturated rings. The molecule has 0 spiro atoms. The lowest BCUT2D eigenvalue weighted by Gasteiger charge is -2.33. The Bertz CT molecular complexity index is 592. The second kappa shape index (κ2) is 6.75. The van der Waals surface area contributed by atoms with Crippen molar-refractivity contribution in [2.24, 2.45) is 7.05 Å². The van der Waals surface area contributed by atoms with Crippen molar-refractivity contribution < 1.29 is 0 Å². The van der Waals surface area contributed by atoms with Gasteiger partial charge in [-0.05, 0) is 41.9 Å². The number of halogens is 1. The van der Waals surface area contributed by atoms with Crippen LogP contribution in [-0.2, 0) is 18.9 Å². The molecule has 0 saturated heterocycles. The molecule has 2 aromatic rings. The van der Waals surface area contributed by atoms with Crippen LogP contribution in [0.4, 0.5) is 0 Å². The van der Waals surface area contributed by atoms with Crippen molar-refractivity contribution in [2.45, 2.75) is 32.1 Å². The summed E-state index contributed by atoms with van der Waals surface area (Å²) in [7, 11) is 4.05. The Morgan fingerprint density at radius 3 is 2.43 bits per heavy atom. The van der Waals surface area contributed by atoms with Crippen LogP contribution in [0, 0.1) is 6.92 Å². The van der Waals surface area contributed by atoms with E-state index in [1.54, 1.807) is 0 Å². The van der Waals surface area contributed by atoms with Crippen molar-refractivity contribution >= 4 is 15.9 Å². The van der Waals surface area contributed by atoms with Crippen molar-refractivity contribution in [3.63, 3.8) is 0 Å². The van der Waals surface area contributed by atoms with Crippen LogP contribution in [0.5, 0.6) is 0 Å². The number of nitrogens with zero attached hydrogens (tertiary/aromatic N) is 2. The number of benzene rings is 1. The minimum absolute atomic E-state index is 0.0821. The predicted molar refractivity (Wildman–Crippen MR) is 91.7 cm³/mol. The molecule has 3 nitrogen and oxygen atoms in total. The number of likely N-dealkylation sites (N-methyl/N-ethyl adjacent to an activating group) is 1. The summed E-state index contributed by atoms with van der Waals surface area (Å²) in [4.78, 5) is 0. The molecule has 0 aliphatic heterocycles. The first-order valence-corrected chi connectivity index (χ1v) is 8.21. The lowest BCUT2D eigenvalue weighted by molar-refractivity contribution is 0.380. The molecule has 1 N–H and O–H groups in total. The Morgan fingerprint density at radius 1 is 1.29 bits per heavy atom. The van der Waals surface area contributed by atoms with E-state index in [0.29, 0.717) is 0 Å². The highest BCUT2D eigenvalue weighted by molar-refractivity contribution is 9.10. The molecular weight excluding hydrogens is 326 g/mol. The number of rotatable bonds is 6. The zero-order valence-corrected chi connectivity index (χ0v) is 14.9. The number of hydrogen-bond acceptors (Lipinski definition) is 2. The average molecular weight is 350 g/mol. The minimum Gasteiger partial charge on any atom is -0.319 e. The van der Waals surface area contributed by atoms with Gasteiger partial charge < -0.3 is 5.32 Å². The van der Waals surface area contributed by atoms with Gasteiger partial charge in [-0.1, -0.05) is 37.3 Å². The van der Waals surface area contributed by atoms with Crippen LogP contribution in [0.25, 0.3) is 0 Å². The van der Waals surface area contributed by atoms with Gasteiger partial charge in [0.15, 0.2) is 0 Å². The fourth-order valence-electron chi connectivity index (χ4n) is 3.04. The second-order valence-corrected chi connectivity index (χ2v) is 6.47. The molecular formula is C17H24BrN3. The number of hydrogen-bond donors (Lipinski definition) is 1. The van der Waals surface area contributed by atoms with Gasteiger partial charge in [-0.2, -0.15) is 5.10 Å². The van der Waals surface area contributed by atoms with E-state index in [4.69, 9.17) is 0 Å². The lowest BCUT2D eigenvalue weighted by Crippen LogP contribution is -2.39. The van der Waals surface area contributed by atoms with Crippen molar-refractivity contribution in [1.82, 2.24) is 15.1 Å². The summed E-state index contributed by atoms with van der Waals surface area (Å²) < 4.78 is 3.14. The fraction of sp³-hybridized carbons (Fsp3) is 0.471. The third kappa shape index (κ3) is 3.22. The molecule has 1 unspecified atom stereocenters. The Kier molecular flexibility index (Phi) is 5.22. The maximum absolute atomic E-state index is 4.53. The first-order valence-electron chi connectivity index (χ1n) is 7.42. The normalized spacial score (nSPS) is 14.1. The molecule has 1 aromatic carbocycles. The zero-order chi connectivity index (χ0) is 15.5. The van der Waals surface area contributed by atoms with E-state index in [-0.39, 0.29) is 5.41 Å². The SMILES string of the molecule is CCC(CNC)(Cc1c(Br)c(C)nn1C)c1ccccc1. The summed E-state index contributed by atoms with van der Waals surface area (Å²) in [5.74, 6) is 0. The van der Waals surface area contributed by atoms with Gasteiger partial charge in [-0.25, -0.2) is 0 Å². The summed E-state index contributed by atoms with van der Waals surface area (Å²) in [5.41, 5.74) is 3.77. The number of aryl methyl sites for hydroxylation is 2. The molecule has 0 aliphatic carbocycles. The standard InChI is InChI=1S/C17H24BrN3/c1-5-17(12-19-3,14-9-7-6-8-10-14)11-15-16(18)13(2)20-21(15)4/h6-10,19H,5,11-12H2,1-4H3. The maximum atomic E-state index is 4.53. The summed E-state index contributed by atoms with van der Waals surface area (Å²) in [6.45, 7) is 5.26. The van der Waals surface area contributed by atoms with E-state index in [9.17, 15) is 0 Å². The van der Waals surface area contributed by atoms with Crippen LogP contribution in [0.3, 0.4) is 0 Å². The van der Waals surface area contributed by atoms with Gasteiger partial charge in [0, 0.05) is 25.4 Å². The van der Waals surface area contributed by atoms with Crippen LogP contribution < -0.4 is 5.32 Å². The first-order chi connectivity index (χ1) is 10.0. The molecule has 2 rings (SSSR count). The maximum Gasteiger partial charge on any atom is 0.0738 e. The summed E-state index contributed by atoms with van der Waals surface area (Å²) in [6.07, 6.45) is 2.04. The molecule has 1 atom stereocenters. The highest BCUT2D eigenvalue weighted by atomic mass is 79.9. The van der Waals surface area contributed by atoms with E-state index < -0.39 is 0 Å². The fourth-order valence-corrected chi connectivity index (χ4v) is 3.52. The average Bonchev–Trinajstić information content (AvgIpc) is 2.73. The molecule has 0 radical (unpaired) electrons. The van der Waals surface area contributed by atoms with Crippen LogP contribution in [-0.4, -0.2) is 23.4 Å². The van der Waals surface area contributed by atoms with Crippen LogP contribution >= 0.6 is 15.9 Å². The molecule has 4 heteroatoms. The van der Waals surface area contributed by atoms with E-state index in [1.807, 2.05) is 25.7 Å². The zero-order valence-electron chi connectivity index (χ0n) is 13.3. The van der Waals surface area contributed by atoms with Crippen molar-refractivity contribution in [2.75, 3.05) is 13.6 Å². The van der Waals surface area contributed by atoms with Gasteiger partial charge in [0.25, 0.3) is 0 Å². The third-order valence-electron chi connectivity index (χ3n) is 4.35. The van der Waals surface area contributed by atoms with Crippen molar-refractivity contribution in [1.29, 1.82) is 0 Å². The van der Waals surface area contributed by atoms with E-state index in [0.717, 1.165) is 29.6 Å². The quantitative estimate of drug-likeness (QED) is 0.863. The van der Waals surface area contributed by atoms with E-state index >= 15 is 0 Å². The third-order valence-corrected chi connectivity index (χ3v) is 5.38. The largest absolute Gasteiger partial charge is 0.319 e. The molecule has 1 aromatic heterocycles. The molecule has 0 aliphatic rings. The molecule has 21 heavy (non-hydrogen) atoms. The van der Waals surface area contributed by atoms with Crippen LogP contribution in [0.1, 0.15) is 30.3 Å². The van der Waals surface area contributed by atoms with Gasteiger partial charge in [0.05, 0.1) is 15.9 Å². The Morgan fingerprint density at radius 2 is 1.95 bits per heavy atom. The van der Waals surface area contributed by atoms with Crippen LogP contribution in [0.15, 0.2) is 34.8 Å². The Hall–Kier alpha value is -1.13. The van der Waals surface area contributed by atoms with Crippen molar-refractivity contribution in [3.8, 4) is 0 Å². The first kappa shape index (κ1) is 16.2. The summed E-state index contributed by atoms with van der Waals surface area (Å²) in [6, 6.07) is 10.8. The lowest BCUT2D eigenvalue weighted by atomic mass is 9.74. The number of aromatic nitrogens is 2. The second-order valence-electron chi connectivity index (χ2n) is 5.68. The molecule has 114 valence electrons. The Labute approximate surface area is 135 Å². The summed E-state index contributed by atoms with van der Waals surface area (Å²) >= 11 is 3.70. The molecule has 0 saturated carbocycles. The van der Waals surface area contributed by atoms with E-state index in [2.05, 4.69) is 63.6 Å². The van der Waals surface area contributed by atoms with E-state index in [1.165, 1.54) is 11.3 Å². The van der Waals surface area contributed by atoms with Crippen LogP contribution in [0.2, 0.25) is 0 Å². The molecule has 0 amide bonds. The predicted octanol–water partition coefficient (Wildman–Crippen LogP) is 3.60. The molecule has 0 bridgehead atoms. The highest BCUT2D eigenvalue weighted by Gasteiger charge is 2.32. The minimum atomic E-state index is 0.0821. The van der Waals surface area contributed by atoms with Gasteiger partial charge in [-0.15, -0.1) is 0 Å². The topological polar surface area (TPSA) is 29.9 Å². The van der Waals surface area contributed by atoms with Gasteiger partial charge in [0.2, 0.25) is 0 Å². The number of nitrogens with one attached hydrogen (secondary N) is 1. The highest BCUT2D eigenvalue weighted by Crippen LogP contribution is 2.34. The Balaban J connectivity index is 2.46. The molecule has 1 heterocycles. The van der Waals surface area contributed by atoms with Gasteiger partial charge in [0.1, 0.15) is 0 Å². The monoisotopic (exact) mass is 349 g/mol. The smallest absolute Gasteiger partial charge is 0.0738 e. The van der Waals surface area contributed by atoms with Gasteiger partial charge in [-0.3, -0.25) is 4.68 Å². The summed E-state index contributed by atoms with van der Waals surface area (Å²) in [5, 5.41) is 7.91.